The summed E-state index contributed by atoms with van der Waals surface area (Å²) >= 11 is 5.00. The molecular weight excluding hydrogens is 466 g/mol. The minimum absolute atomic E-state index is 0.0632. The third-order valence-corrected chi connectivity index (χ3v) is 6.64. The van der Waals surface area contributed by atoms with E-state index in [2.05, 4.69) is 36.0 Å². The highest BCUT2D eigenvalue weighted by Gasteiger charge is 2.25. The summed E-state index contributed by atoms with van der Waals surface area (Å²) in [7, 11) is 0. The van der Waals surface area contributed by atoms with Crippen LogP contribution in [-0.2, 0) is 5.75 Å². The van der Waals surface area contributed by atoms with Gasteiger partial charge in [-0.25, -0.2) is 9.97 Å². The van der Waals surface area contributed by atoms with Crippen LogP contribution in [0.2, 0.25) is 0 Å². The van der Waals surface area contributed by atoms with Gasteiger partial charge in [-0.1, -0.05) is 17.3 Å². The molecule has 7 nitrogen and oxygen atoms in total. The van der Waals surface area contributed by atoms with Crippen LogP contribution in [-0.4, -0.2) is 52.1 Å². The van der Waals surface area contributed by atoms with Crippen LogP contribution in [0.25, 0.3) is 0 Å². The molecule has 0 radical (unpaired) electrons. The van der Waals surface area contributed by atoms with Gasteiger partial charge in [0.1, 0.15) is 5.76 Å². The topological polar surface area (TPSA) is 75.4 Å². The molecular formula is C21H22BrN5O2S. The zero-order valence-corrected chi connectivity index (χ0v) is 19.2. The Labute approximate surface area is 188 Å². The van der Waals surface area contributed by atoms with Crippen molar-refractivity contribution in [3.05, 3.63) is 63.7 Å². The maximum Gasteiger partial charge on any atom is 0.255 e. The second-order valence-electron chi connectivity index (χ2n) is 7.07. The van der Waals surface area contributed by atoms with E-state index in [4.69, 9.17) is 4.52 Å². The quantitative estimate of drug-likeness (QED) is 0.501. The van der Waals surface area contributed by atoms with Gasteiger partial charge in [-0.15, -0.1) is 11.8 Å². The Kier molecular flexibility index (Phi) is 6.38. The molecule has 30 heavy (non-hydrogen) atoms. The van der Waals surface area contributed by atoms with Gasteiger partial charge in [0.2, 0.25) is 5.95 Å². The molecule has 0 saturated carbocycles. The molecule has 156 valence electrons. The van der Waals surface area contributed by atoms with E-state index in [0.29, 0.717) is 32.1 Å². The number of piperazine rings is 1. The highest BCUT2D eigenvalue weighted by molar-refractivity contribution is 9.10. The third-order valence-electron chi connectivity index (χ3n) is 5.13. The Hall–Kier alpha value is -2.39. The van der Waals surface area contributed by atoms with Crippen molar-refractivity contribution in [1.29, 1.82) is 0 Å². The van der Waals surface area contributed by atoms with E-state index in [0.717, 1.165) is 37.7 Å². The van der Waals surface area contributed by atoms with Gasteiger partial charge in [0.15, 0.2) is 0 Å². The van der Waals surface area contributed by atoms with Gasteiger partial charge in [0, 0.05) is 54.8 Å². The predicted molar refractivity (Wildman–Crippen MR) is 120 cm³/mol. The number of aromatic nitrogens is 3. The molecule has 0 aliphatic carbocycles. The van der Waals surface area contributed by atoms with Gasteiger partial charge in [0.25, 0.3) is 5.91 Å². The number of benzene rings is 1. The second kappa shape index (κ2) is 9.18. The normalized spacial score (nSPS) is 14.2. The van der Waals surface area contributed by atoms with Crippen molar-refractivity contribution in [2.45, 2.75) is 24.5 Å². The number of thioether (sulfide) groups is 1. The summed E-state index contributed by atoms with van der Waals surface area (Å²) in [5.74, 6) is 2.31. The number of anilines is 1. The number of aryl methyl sites for hydroxylation is 2. The minimum Gasteiger partial charge on any atom is -0.361 e. The summed E-state index contributed by atoms with van der Waals surface area (Å²) in [5.41, 5.74) is 2.73. The Morgan fingerprint density at radius 3 is 2.50 bits per heavy atom. The number of amides is 1. The molecule has 1 fully saturated rings. The van der Waals surface area contributed by atoms with Crippen LogP contribution in [0.3, 0.4) is 0 Å². The first-order valence-electron chi connectivity index (χ1n) is 9.68. The molecule has 0 N–H and O–H groups in total. The number of halogens is 1. The average molecular weight is 488 g/mol. The van der Waals surface area contributed by atoms with Gasteiger partial charge in [-0.05, 0) is 41.9 Å². The SMILES string of the molecule is Cc1noc(C)c1CSc1ccccc1C(=O)N1CCN(c2ncc(Br)cn2)CC1. The number of hydrogen-bond donors (Lipinski definition) is 0. The van der Waals surface area contributed by atoms with E-state index in [9.17, 15) is 4.79 Å². The smallest absolute Gasteiger partial charge is 0.255 e. The van der Waals surface area contributed by atoms with Gasteiger partial charge in [0.05, 0.1) is 15.7 Å². The van der Waals surface area contributed by atoms with E-state index in [1.54, 1.807) is 24.2 Å². The van der Waals surface area contributed by atoms with Crippen LogP contribution in [0.15, 0.2) is 50.6 Å². The first kappa shape index (κ1) is 20.9. The summed E-state index contributed by atoms with van der Waals surface area (Å²) in [6.45, 7) is 6.56. The van der Waals surface area contributed by atoms with E-state index in [1.165, 1.54) is 0 Å². The molecule has 1 saturated heterocycles. The van der Waals surface area contributed by atoms with Crippen molar-refractivity contribution in [3.63, 3.8) is 0 Å². The summed E-state index contributed by atoms with van der Waals surface area (Å²) in [6, 6.07) is 7.79. The Balaban J connectivity index is 1.42. The summed E-state index contributed by atoms with van der Waals surface area (Å²) in [6.07, 6.45) is 3.48. The van der Waals surface area contributed by atoms with Crippen LogP contribution >= 0.6 is 27.7 Å². The fourth-order valence-corrected chi connectivity index (χ4v) is 4.78. The maximum absolute atomic E-state index is 13.2. The molecule has 1 aromatic carbocycles. The Bertz CT molecular complexity index is 1010. The lowest BCUT2D eigenvalue weighted by molar-refractivity contribution is 0.0742. The number of rotatable bonds is 5. The lowest BCUT2D eigenvalue weighted by Crippen LogP contribution is -2.49. The fourth-order valence-electron chi connectivity index (χ4n) is 3.38. The average Bonchev–Trinajstić information content (AvgIpc) is 3.10. The molecule has 3 heterocycles. The summed E-state index contributed by atoms with van der Waals surface area (Å²) in [4.78, 5) is 26.9. The highest BCUT2D eigenvalue weighted by atomic mass is 79.9. The first-order valence-corrected chi connectivity index (χ1v) is 11.5. The molecule has 0 spiro atoms. The molecule has 9 heteroatoms. The summed E-state index contributed by atoms with van der Waals surface area (Å²) < 4.78 is 6.11. The number of carbonyl (C=O) groups is 1. The van der Waals surface area contributed by atoms with E-state index in [1.807, 2.05) is 43.0 Å². The number of hydrogen-bond acceptors (Lipinski definition) is 7. The Morgan fingerprint density at radius 1 is 1.13 bits per heavy atom. The van der Waals surface area contributed by atoms with Crippen molar-refractivity contribution in [1.82, 2.24) is 20.0 Å². The van der Waals surface area contributed by atoms with Gasteiger partial charge in [-0.3, -0.25) is 4.79 Å². The third kappa shape index (κ3) is 4.52. The molecule has 0 unspecified atom stereocenters. The van der Waals surface area contributed by atoms with Crippen LogP contribution in [0.1, 0.15) is 27.4 Å². The molecule has 2 aromatic heterocycles. The molecule has 1 aliphatic rings. The van der Waals surface area contributed by atoms with Crippen LogP contribution in [0.4, 0.5) is 5.95 Å². The van der Waals surface area contributed by atoms with Crippen LogP contribution in [0.5, 0.6) is 0 Å². The lowest BCUT2D eigenvalue weighted by atomic mass is 10.2. The standard InChI is InChI=1S/C21H22BrN5O2S/c1-14-18(15(2)29-25-14)13-30-19-6-4-3-5-17(19)20(28)26-7-9-27(10-8-26)21-23-11-16(22)12-24-21/h3-6,11-12H,7-10,13H2,1-2H3. The molecule has 0 atom stereocenters. The van der Waals surface area contributed by atoms with Crippen molar-refractivity contribution in [2.75, 3.05) is 31.1 Å². The van der Waals surface area contributed by atoms with Crippen molar-refractivity contribution >= 4 is 39.5 Å². The zero-order valence-electron chi connectivity index (χ0n) is 16.8. The van der Waals surface area contributed by atoms with E-state index >= 15 is 0 Å². The van der Waals surface area contributed by atoms with Crippen LogP contribution in [0, 0.1) is 13.8 Å². The van der Waals surface area contributed by atoms with Gasteiger partial charge < -0.3 is 14.3 Å². The van der Waals surface area contributed by atoms with Crippen molar-refractivity contribution in [2.24, 2.45) is 0 Å². The molecule has 3 aromatic rings. The summed E-state index contributed by atoms with van der Waals surface area (Å²) in [5, 5.41) is 4.02. The van der Waals surface area contributed by atoms with E-state index in [-0.39, 0.29) is 5.91 Å². The predicted octanol–water partition coefficient (Wildman–Crippen LogP) is 4.10. The minimum atomic E-state index is 0.0632. The molecule has 4 rings (SSSR count). The Morgan fingerprint density at radius 2 is 1.83 bits per heavy atom. The fraction of sp³-hybridized carbons (Fsp3) is 0.333. The monoisotopic (exact) mass is 487 g/mol. The molecule has 1 aliphatic heterocycles. The van der Waals surface area contributed by atoms with Crippen molar-refractivity contribution in [3.8, 4) is 0 Å². The van der Waals surface area contributed by atoms with Gasteiger partial charge >= 0.3 is 0 Å². The number of nitrogens with zero attached hydrogens (tertiary/aromatic N) is 5. The maximum atomic E-state index is 13.2. The van der Waals surface area contributed by atoms with E-state index < -0.39 is 0 Å². The highest BCUT2D eigenvalue weighted by Crippen LogP contribution is 2.29. The van der Waals surface area contributed by atoms with Crippen molar-refractivity contribution < 1.29 is 9.32 Å². The second-order valence-corrected chi connectivity index (χ2v) is 9.00. The zero-order chi connectivity index (χ0) is 21.1. The molecule has 1 amide bonds. The van der Waals surface area contributed by atoms with Crippen LogP contribution < -0.4 is 4.90 Å². The first-order chi connectivity index (χ1) is 14.5. The largest absolute Gasteiger partial charge is 0.361 e. The number of carbonyl (C=O) groups excluding carboxylic acids is 1. The van der Waals surface area contributed by atoms with Gasteiger partial charge in [-0.2, -0.15) is 0 Å². The lowest BCUT2D eigenvalue weighted by Gasteiger charge is -2.35. The molecule has 0 bridgehead atoms.